The van der Waals surface area contributed by atoms with Crippen molar-refractivity contribution in [2.75, 3.05) is 4.90 Å². The van der Waals surface area contributed by atoms with Gasteiger partial charge in [-0.3, -0.25) is 0 Å². The van der Waals surface area contributed by atoms with Crippen LogP contribution in [0.3, 0.4) is 0 Å². The predicted octanol–water partition coefficient (Wildman–Crippen LogP) is 5.03. The van der Waals surface area contributed by atoms with Crippen molar-refractivity contribution in [3.8, 4) is 16.9 Å². The summed E-state index contributed by atoms with van der Waals surface area (Å²) in [5.74, 6) is 0.738. The first-order valence-corrected chi connectivity index (χ1v) is 9.94. The predicted molar refractivity (Wildman–Crippen MR) is 116 cm³/mol. The standard InChI is InChI=1S/C24H23N5/c1-16-8-10-20(11-9-16)28-15-21(18(3)27-28)22-12-13-25-24(26-22)29-17(2)14-19-6-4-5-7-23(19)29/h4-13,15,17H,14H2,1-3H3. The maximum absolute atomic E-state index is 4.92. The van der Waals surface area contributed by atoms with Gasteiger partial charge in [-0.25, -0.2) is 14.6 Å². The van der Waals surface area contributed by atoms with E-state index in [0.717, 1.165) is 35.0 Å². The minimum atomic E-state index is 0.332. The molecule has 144 valence electrons. The second-order valence-electron chi connectivity index (χ2n) is 7.70. The van der Waals surface area contributed by atoms with Crippen LogP contribution in [0.1, 0.15) is 23.7 Å². The molecule has 0 amide bonds. The van der Waals surface area contributed by atoms with Crippen molar-refractivity contribution in [2.45, 2.75) is 33.2 Å². The number of para-hydroxylation sites is 1. The van der Waals surface area contributed by atoms with Gasteiger partial charge in [0, 0.05) is 29.7 Å². The molecule has 0 radical (unpaired) electrons. The Kier molecular flexibility index (Phi) is 4.16. The van der Waals surface area contributed by atoms with Gasteiger partial charge in [-0.2, -0.15) is 5.10 Å². The molecule has 0 bridgehead atoms. The summed E-state index contributed by atoms with van der Waals surface area (Å²) in [7, 11) is 0. The zero-order valence-electron chi connectivity index (χ0n) is 16.9. The van der Waals surface area contributed by atoms with Gasteiger partial charge < -0.3 is 4.90 Å². The zero-order chi connectivity index (χ0) is 20.0. The molecule has 4 aromatic rings. The normalized spacial score (nSPS) is 15.6. The summed E-state index contributed by atoms with van der Waals surface area (Å²) in [6.45, 7) is 6.33. The molecule has 1 atom stereocenters. The Balaban J connectivity index is 1.53. The molecule has 29 heavy (non-hydrogen) atoms. The minimum absolute atomic E-state index is 0.332. The number of hydrogen-bond acceptors (Lipinski definition) is 4. The van der Waals surface area contributed by atoms with E-state index in [9.17, 15) is 0 Å². The Morgan fingerprint density at radius 1 is 0.966 bits per heavy atom. The highest BCUT2D eigenvalue weighted by Crippen LogP contribution is 2.37. The lowest BCUT2D eigenvalue weighted by molar-refractivity contribution is 0.740. The third kappa shape index (κ3) is 3.09. The Morgan fingerprint density at radius 3 is 2.59 bits per heavy atom. The molecule has 5 nitrogen and oxygen atoms in total. The lowest BCUT2D eigenvalue weighted by atomic mass is 10.1. The molecular formula is C24H23N5. The Hall–Kier alpha value is -3.47. The topological polar surface area (TPSA) is 46.8 Å². The number of aromatic nitrogens is 4. The van der Waals surface area contributed by atoms with Crippen LogP contribution in [0.2, 0.25) is 0 Å². The monoisotopic (exact) mass is 381 g/mol. The van der Waals surface area contributed by atoms with E-state index < -0.39 is 0 Å². The second kappa shape index (κ2) is 6.85. The first kappa shape index (κ1) is 17.6. The lowest BCUT2D eigenvalue weighted by Gasteiger charge is -2.22. The van der Waals surface area contributed by atoms with Gasteiger partial charge in [0.05, 0.1) is 17.1 Å². The van der Waals surface area contributed by atoms with Crippen LogP contribution < -0.4 is 4.90 Å². The van der Waals surface area contributed by atoms with Crippen molar-refractivity contribution in [1.82, 2.24) is 19.7 Å². The van der Waals surface area contributed by atoms with Crippen LogP contribution in [0.25, 0.3) is 16.9 Å². The molecule has 0 aliphatic carbocycles. The van der Waals surface area contributed by atoms with Crippen LogP contribution in [0.5, 0.6) is 0 Å². The van der Waals surface area contributed by atoms with Gasteiger partial charge in [0.25, 0.3) is 0 Å². The van der Waals surface area contributed by atoms with Crippen LogP contribution in [0.4, 0.5) is 11.6 Å². The zero-order valence-corrected chi connectivity index (χ0v) is 16.9. The smallest absolute Gasteiger partial charge is 0.230 e. The number of anilines is 2. The highest BCUT2D eigenvalue weighted by atomic mass is 15.3. The summed E-state index contributed by atoms with van der Waals surface area (Å²) < 4.78 is 1.92. The van der Waals surface area contributed by atoms with Gasteiger partial charge in [-0.15, -0.1) is 0 Å². The summed E-state index contributed by atoms with van der Waals surface area (Å²) in [4.78, 5) is 11.7. The minimum Gasteiger partial charge on any atom is -0.307 e. The Bertz CT molecular complexity index is 1180. The molecule has 2 aromatic carbocycles. The van der Waals surface area contributed by atoms with Crippen molar-refractivity contribution in [3.05, 3.63) is 83.8 Å². The molecule has 0 saturated carbocycles. The molecule has 1 unspecified atom stereocenters. The molecule has 1 aliphatic heterocycles. The molecule has 0 fully saturated rings. The number of rotatable bonds is 3. The van der Waals surface area contributed by atoms with Crippen molar-refractivity contribution in [1.29, 1.82) is 0 Å². The molecule has 5 rings (SSSR count). The SMILES string of the molecule is Cc1ccc(-n2cc(-c3ccnc(N4c5ccccc5CC4C)n3)c(C)n2)cc1. The van der Waals surface area contributed by atoms with E-state index in [4.69, 9.17) is 10.1 Å². The molecule has 1 aliphatic rings. The van der Waals surface area contributed by atoms with E-state index in [1.807, 2.05) is 30.1 Å². The van der Waals surface area contributed by atoms with E-state index >= 15 is 0 Å². The van der Waals surface area contributed by atoms with Gasteiger partial charge in [0.1, 0.15) is 0 Å². The summed E-state index contributed by atoms with van der Waals surface area (Å²) in [6.07, 6.45) is 4.90. The average Bonchev–Trinajstić information content (AvgIpc) is 3.28. The van der Waals surface area contributed by atoms with Crippen molar-refractivity contribution < 1.29 is 0 Å². The van der Waals surface area contributed by atoms with E-state index in [0.29, 0.717) is 6.04 Å². The van der Waals surface area contributed by atoms with E-state index in [2.05, 4.69) is 72.3 Å². The first-order chi connectivity index (χ1) is 14.1. The third-order valence-corrected chi connectivity index (χ3v) is 5.54. The van der Waals surface area contributed by atoms with Crippen molar-refractivity contribution in [2.24, 2.45) is 0 Å². The number of hydrogen-bond donors (Lipinski definition) is 0. The largest absolute Gasteiger partial charge is 0.307 e. The van der Waals surface area contributed by atoms with E-state index in [1.54, 1.807) is 0 Å². The number of aryl methyl sites for hydroxylation is 2. The maximum Gasteiger partial charge on any atom is 0.230 e. The molecular weight excluding hydrogens is 358 g/mol. The van der Waals surface area contributed by atoms with Crippen LogP contribution in [-0.4, -0.2) is 25.8 Å². The van der Waals surface area contributed by atoms with Crippen LogP contribution >= 0.6 is 0 Å². The quantitative estimate of drug-likeness (QED) is 0.499. The summed E-state index contributed by atoms with van der Waals surface area (Å²) >= 11 is 0. The van der Waals surface area contributed by atoms with Gasteiger partial charge in [-0.05, 0) is 57.0 Å². The molecule has 5 heteroatoms. The second-order valence-corrected chi connectivity index (χ2v) is 7.70. The summed E-state index contributed by atoms with van der Waals surface area (Å²) in [6, 6.07) is 19.2. The highest BCUT2D eigenvalue weighted by molar-refractivity contribution is 5.69. The molecule has 0 spiro atoms. The highest BCUT2D eigenvalue weighted by Gasteiger charge is 2.28. The van der Waals surface area contributed by atoms with E-state index in [-0.39, 0.29) is 0 Å². The molecule has 3 heterocycles. The van der Waals surface area contributed by atoms with E-state index in [1.165, 1.54) is 16.8 Å². The van der Waals surface area contributed by atoms with Gasteiger partial charge in [0.2, 0.25) is 5.95 Å². The number of benzene rings is 2. The third-order valence-electron chi connectivity index (χ3n) is 5.54. The van der Waals surface area contributed by atoms with Gasteiger partial charge in [-0.1, -0.05) is 35.9 Å². The maximum atomic E-state index is 4.92. The lowest BCUT2D eigenvalue weighted by Crippen LogP contribution is -2.25. The fourth-order valence-electron chi connectivity index (χ4n) is 4.03. The summed E-state index contributed by atoms with van der Waals surface area (Å²) in [5, 5.41) is 4.71. The van der Waals surface area contributed by atoms with Gasteiger partial charge >= 0.3 is 0 Å². The molecule has 2 aromatic heterocycles. The first-order valence-electron chi connectivity index (χ1n) is 9.94. The Morgan fingerprint density at radius 2 is 1.76 bits per heavy atom. The van der Waals surface area contributed by atoms with Crippen LogP contribution in [0, 0.1) is 13.8 Å². The van der Waals surface area contributed by atoms with Crippen molar-refractivity contribution >= 4 is 11.6 Å². The van der Waals surface area contributed by atoms with Gasteiger partial charge in [0.15, 0.2) is 0 Å². The Labute approximate surface area is 170 Å². The number of nitrogens with zero attached hydrogens (tertiary/aromatic N) is 5. The van der Waals surface area contributed by atoms with Crippen molar-refractivity contribution in [3.63, 3.8) is 0 Å². The fraction of sp³-hybridized carbons (Fsp3) is 0.208. The number of fused-ring (bicyclic) bond motifs is 1. The van der Waals surface area contributed by atoms with Crippen LogP contribution in [-0.2, 0) is 6.42 Å². The molecule has 0 saturated heterocycles. The van der Waals surface area contributed by atoms with Crippen LogP contribution in [0.15, 0.2) is 67.0 Å². The fourth-order valence-corrected chi connectivity index (χ4v) is 4.03. The summed E-state index contributed by atoms with van der Waals surface area (Å²) in [5.41, 5.74) is 7.68. The molecule has 0 N–H and O–H groups in total. The average molecular weight is 381 g/mol.